The van der Waals surface area contributed by atoms with Gasteiger partial charge in [-0.3, -0.25) is 9.59 Å². The van der Waals surface area contributed by atoms with Gasteiger partial charge in [0.05, 0.1) is 5.88 Å². The van der Waals surface area contributed by atoms with Gasteiger partial charge in [-0.25, -0.2) is 9.59 Å². The van der Waals surface area contributed by atoms with E-state index in [-0.39, 0.29) is 18.2 Å². The van der Waals surface area contributed by atoms with E-state index >= 15 is 0 Å². The van der Waals surface area contributed by atoms with Crippen LogP contribution in [0.25, 0.3) is 0 Å². The van der Waals surface area contributed by atoms with Gasteiger partial charge in [-0.1, -0.05) is 0 Å². The topological polar surface area (TPSA) is 115 Å². The third-order valence-corrected chi connectivity index (χ3v) is 4.67. The Hall–Kier alpha value is -1.77. The van der Waals surface area contributed by atoms with Crippen LogP contribution >= 0.6 is 11.8 Å². The Morgan fingerprint density at radius 1 is 0.905 bits per heavy atom. The monoisotopic (exact) mass is 316 g/mol. The minimum absolute atomic E-state index is 0.132. The second kappa shape index (κ2) is 6.33. The van der Waals surface area contributed by atoms with Gasteiger partial charge >= 0.3 is 23.8 Å². The fraction of sp³-hybridized carbons (Fsp3) is 0.667. The van der Waals surface area contributed by atoms with E-state index in [9.17, 15) is 19.2 Å². The minimum Gasteiger partial charge on any atom is -0.480 e. The fourth-order valence-corrected chi connectivity index (χ4v) is 3.67. The van der Waals surface area contributed by atoms with Crippen molar-refractivity contribution in [2.45, 2.75) is 31.3 Å². The maximum absolute atomic E-state index is 12.2. The molecule has 2 rings (SSSR count). The predicted octanol–water partition coefficient (Wildman–Crippen LogP) is -0.562. The molecule has 0 radical (unpaired) electrons. The number of aliphatic carboxylic acids is 2. The summed E-state index contributed by atoms with van der Waals surface area (Å²) in [5.41, 5.74) is 0. The SMILES string of the molecule is O=C(O)C1CSCN1C(=O)C(=O)N1CCCC[C@H]1C(=O)O. The van der Waals surface area contributed by atoms with Crippen LogP contribution in [0.5, 0.6) is 0 Å². The third-order valence-electron chi connectivity index (χ3n) is 3.66. The third kappa shape index (κ3) is 3.12. The number of carbonyl (C=O) groups excluding carboxylic acids is 2. The van der Waals surface area contributed by atoms with Crippen molar-refractivity contribution in [2.75, 3.05) is 18.2 Å². The van der Waals surface area contributed by atoms with Gasteiger partial charge in [-0.05, 0) is 19.3 Å². The quantitative estimate of drug-likeness (QED) is 0.656. The van der Waals surface area contributed by atoms with E-state index in [2.05, 4.69) is 0 Å². The Bertz CT molecular complexity index is 482. The standard InChI is InChI=1S/C12H16N2O6S/c15-9(13-4-2-1-3-7(13)11(17)18)10(16)14-6-21-5-8(14)12(19)20/h7-8H,1-6H2,(H,17,18)(H,19,20)/t7-,8?/m0/s1. The first kappa shape index (κ1) is 15.6. The summed E-state index contributed by atoms with van der Waals surface area (Å²) in [7, 11) is 0. The normalized spacial score (nSPS) is 25.7. The molecule has 8 nitrogen and oxygen atoms in total. The zero-order chi connectivity index (χ0) is 15.6. The average Bonchev–Trinajstić information content (AvgIpc) is 2.95. The zero-order valence-corrected chi connectivity index (χ0v) is 12.0. The zero-order valence-electron chi connectivity index (χ0n) is 11.2. The first-order chi connectivity index (χ1) is 9.93. The smallest absolute Gasteiger partial charge is 0.327 e. The molecule has 0 aromatic heterocycles. The minimum atomic E-state index is -1.16. The van der Waals surface area contributed by atoms with Gasteiger partial charge in [-0.2, -0.15) is 0 Å². The molecule has 2 saturated heterocycles. The molecule has 2 heterocycles. The van der Waals surface area contributed by atoms with Crippen molar-refractivity contribution in [3.8, 4) is 0 Å². The van der Waals surface area contributed by atoms with Crippen LogP contribution in [0.3, 0.4) is 0 Å². The number of amides is 2. The van der Waals surface area contributed by atoms with Crippen molar-refractivity contribution in [2.24, 2.45) is 0 Å². The van der Waals surface area contributed by atoms with Crippen molar-refractivity contribution < 1.29 is 29.4 Å². The largest absolute Gasteiger partial charge is 0.480 e. The van der Waals surface area contributed by atoms with Gasteiger partial charge in [-0.15, -0.1) is 11.8 Å². The molecule has 0 aromatic carbocycles. The summed E-state index contributed by atoms with van der Waals surface area (Å²) >= 11 is 1.26. The molecule has 21 heavy (non-hydrogen) atoms. The molecule has 2 aliphatic heterocycles. The lowest BCUT2D eigenvalue weighted by Gasteiger charge is -2.33. The van der Waals surface area contributed by atoms with E-state index in [0.29, 0.717) is 19.3 Å². The molecule has 2 fully saturated rings. The molecule has 0 saturated carbocycles. The second-order valence-electron chi connectivity index (χ2n) is 4.98. The highest BCUT2D eigenvalue weighted by Crippen LogP contribution is 2.23. The summed E-state index contributed by atoms with van der Waals surface area (Å²) in [6, 6.07) is -2.03. The van der Waals surface area contributed by atoms with Gasteiger partial charge in [0, 0.05) is 12.3 Å². The lowest BCUT2D eigenvalue weighted by atomic mass is 10.0. The highest BCUT2D eigenvalue weighted by Gasteiger charge is 2.42. The molecule has 0 aliphatic carbocycles. The van der Waals surface area contributed by atoms with Gasteiger partial charge in [0.15, 0.2) is 0 Å². The molecule has 0 aromatic rings. The Kier molecular flexibility index (Phi) is 4.71. The fourth-order valence-electron chi connectivity index (χ4n) is 2.52. The van der Waals surface area contributed by atoms with Crippen molar-refractivity contribution >= 4 is 35.5 Å². The summed E-state index contributed by atoms with van der Waals surface area (Å²) in [4.78, 5) is 48.7. The summed E-state index contributed by atoms with van der Waals surface area (Å²) in [6.07, 6.45) is 1.64. The molecule has 2 N–H and O–H groups in total. The number of rotatable bonds is 2. The number of nitrogens with zero attached hydrogens (tertiary/aromatic N) is 2. The van der Waals surface area contributed by atoms with Gasteiger partial charge in [0.1, 0.15) is 12.1 Å². The molecular weight excluding hydrogens is 300 g/mol. The average molecular weight is 316 g/mol. The number of hydrogen-bond acceptors (Lipinski definition) is 5. The first-order valence-corrected chi connectivity index (χ1v) is 7.74. The lowest BCUT2D eigenvalue weighted by Crippen LogP contribution is -2.55. The highest BCUT2D eigenvalue weighted by atomic mass is 32.2. The second-order valence-corrected chi connectivity index (χ2v) is 5.98. The Labute approximate surface area is 125 Å². The Morgan fingerprint density at radius 3 is 2.14 bits per heavy atom. The summed E-state index contributed by atoms with van der Waals surface area (Å²) in [6.45, 7) is 0.209. The van der Waals surface area contributed by atoms with Crippen molar-refractivity contribution in [1.82, 2.24) is 9.80 Å². The van der Waals surface area contributed by atoms with E-state index in [1.807, 2.05) is 0 Å². The van der Waals surface area contributed by atoms with Crippen LogP contribution in [-0.4, -0.2) is 74.0 Å². The van der Waals surface area contributed by atoms with Crippen LogP contribution in [0.4, 0.5) is 0 Å². The van der Waals surface area contributed by atoms with Crippen LogP contribution in [0.1, 0.15) is 19.3 Å². The van der Waals surface area contributed by atoms with Crippen molar-refractivity contribution in [3.05, 3.63) is 0 Å². The molecular formula is C12H16N2O6S. The molecule has 0 bridgehead atoms. The number of carbonyl (C=O) groups is 4. The summed E-state index contributed by atoms with van der Waals surface area (Å²) < 4.78 is 0. The molecule has 9 heteroatoms. The van der Waals surface area contributed by atoms with Crippen LogP contribution in [0.15, 0.2) is 0 Å². The maximum Gasteiger partial charge on any atom is 0.327 e. The summed E-state index contributed by atoms with van der Waals surface area (Å²) in [5.74, 6) is -3.78. The van der Waals surface area contributed by atoms with Crippen LogP contribution in [0.2, 0.25) is 0 Å². The molecule has 2 atom stereocenters. The highest BCUT2D eigenvalue weighted by molar-refractivity contribution is 7.99. The van der Waals surface area contributed by atoms with Crippen LogP contribution < -0.4 is 0 Å². The van der Waals surface area contributed by atoms with Crippen molar-refractivity contribution in [3.63, 3.8) is 0 Å². The summed E-state index contributed by atoms with van der Waals surface area (Å²) in [5, 5.41) is 18.2. The van der Waals surface area contributed by atoms with Gasteiger partial charge in [0.2, 0.25) is 0 Å². The van der Waals surface area contributed by atoms with Crippen LogP contribution in [-0.2, 0) is 19.2 Å². The Balaban J connectivity index is 2.12. The Morgan fingerprint density at radius 2 is 1.52 bits per heavy atom. The molecule has 2 aliphatic rings. The number of carboxylic acid groups (broad SMARTS) is 2. The van der Waals surface area contributed by atoms with Crippen LogP contribution in [0, 0.1) is 0 Å². The molecule has 116 valence electrons. The predicted molar refractivity (Wildman–Crippen MR) is 72.6 cm³/mol. The van der Waals surface area contributed by atoms with Crippen molar-refractivity contribution in [1.29, 1.82) is 0 Å². The van der Waals surface area contributed by atoms with E-state index in [1.165, 1.54) is 11.8 Å². The number of likely N-dealkylation sites (tertiary alicyclic amines) is 1. The number of carboxylic acids is 2. The lowest BCUT2D eigenvalue weighted by molar-refractivity contribution is -0.161. The molecule has 2 amide bonds. The van der Waals surface area contributed by atoms with E-state index in [1.54, 1.807) is 0 Å². The first-order valence-electron chi connectivity index (χ1n) is 6.58. The maximum atomic E-state index is 12.2. The number of piperidine rings is 1. The van der Waals surface area contributed by atoms with E-state index in [0.717, 1.165) is 9.80 Å². The van der Waals surface area contributed by atoms with Gasteiger partial charge < -0.3 is 20.0 Å². The number of thioether (sulfide) groups is 1. The van der Waals surface area contributed by atoms with E-state index in [4.69, 9.17) is 10.2 Å². The molecule has 1 unspecified atom stereocenters. The van der Waals surface area contributed by atoms with Gasteiger partial charge in [0.25, 0.3) is 0 Å². The number of hydrogen-bond donors (Lipinski definition) is 2. The van der Waals surface area contributed by atoms with E-state index < -0.39 is 35.8 Å². The molecule has 0 spiro atoms.